The number of aromatic nitrogens is 1. The largest absolute Gasteiger partial charge is 0.476 e. The number of morpholine rings is 1. The third-order valence-corrected chi connectivity index (χ3v) is 6.08. The molecular weight excluding hydrogens is 468 g/mol. The van der Waals surface area contributed by atoms with Gasteiger partial charge in [-0.25, -0.2) is 4.98 Å². The highest BCUT2D eigenvalue weighted by Crippen LogP contribution is 2.34. The fourth-order valence-electron chi connectivity index (χ4n) is 3.85. The quantitative estimate of drug-likeness (QED) is 0.300. The number of nitrogens with zero attached hydrogens (tertiary/aromatic N) is 5. The van der Waals surface area contributed by atoms with Gasteiger partial charge in [0.05, 0.1) is 37.0 Å². The molecule has 1 aliphatic rings. The number of ether oxygens (including phenoxy) is 2. The summed E-state index contributed by atoms with van der Waals surface area (Å²) in [6, 6.07) is 10.00. The van der Waals surface area contributed by atoms with Crippen molar-refractivity contribution in [1.82, 2.24) is 4.98 Å². The van der Waals surface area contributed by atoms with Crippen LogP contribution in [0.2, 0.25) is 0 Å². The number of benzene rings is 1. The molecule has 2 aromatic rings. The van der Waals surface area contributed by atoms with E-state index in [0.29, 0.717) is 42.7 Å². The van der Waals surface area contributed by atoms with Crippen LogP contribution in [0.3, 0.4) is 0 Å². The Balaban J connectivity index is 1.91. The molecule has 0 bridgehead atoms. The van der Waals surface area contributed by atoms with Gasteiger partial charge in [0.2, 0.25) is 5.88 Å². The van der Waals surface area contributed by atoms with E-state index in [1.54, 1.807) is 33.0 Å². The number of rotatable bonds is 9. The molecule has 1 amide bonds. The summed E-state index contributed by atoms with van der Waals surface area (Å²) in [6.07, 6.45) is 3.36. The highest BCUT2D eigenvalue weighted by Gasteiger charge is 2.24. The van der Waals surface area contributed by atoms with Gasteiger partial charge >= 0.3 is 0 Å². The first-order valence-corrected chi connectivity index (χ1v) is 12.2. The summed E-state index contributed by atoms with van der Waals surface area (Å²) in [5.74, 6) is 0.293. The molecule has 9 nitrogen and oxygen atoms in total. The molecule has 37 heavy (non-hydrogen) atoms. The van der Waals surface area contributed by atoms with E-state index in [9.17, 15) is 10.1 Å². The van der Waals surface area contributed by atoms with E-state index in [-0.39, 0.29) is 5.91 Å². The SMILES string of the molecule is C=N/N=C(\C=C(/C)C(=O)Nc1ccc(C)c(-c2cnc(OCC)c(N3CCOCC3)c2)c1)C(C)(C)C#N. The van der Waals surface area contributed by atoms with E-state index < -0.39 is 5.41 Å². The second kappa shape index (κ2) is 12.3. The van der Waals surface area contributed by atoms with Crippen molar-refractivity contribution in [2.75, 3.05) is 43.1 Å². The second-order valence-corrected chi connectivity index (χ2v) is 9.26. The molecule has 0 aliphatic carbocycles. The normalized spacial score (nSPS) is 14.6. The minimum absolute atomic E-state index is 0.306. The standard InChI is InChI=1S/C28H34N6O3/c1-7-37-27-24(34-10-12-36-13-11-34)15-21(17-31-27)23-16-22(9-8-19(23)2)32-26(35)20(3)14-25(33-30-6)28(4,5)18-29/h8-9,14-17H,6-7,10-13H2,1-5H3,(H,32,35)/b20-14+,33-25+. The van der Waals surface area contributed by atoms with Crippen LogP contribution in [0.25, 0.3) is 11.1 Å². The highest BCUT2D eigenvalue weighted by molar-refractivity contribution is 6.11. The maximum Gasteiger partial charge on any atom is 0.251 e. The lowest BCUT2D eigenvalue weighted by Gasteiger charge is -2.30. The average Bonchev–Trinajstić information content (AvgIpc) is 2.90. The van der Waals surface area contributed by atoms with Crippen LogP contribution in [0.15, 0.2) is 52.3 Å². The summed E-state index contributed by atoms with van der Waals surface area (Å²) in [4.78, 5) is 19.8. The average molecular weight is 503 g/mol. The lowest BCUT2D eigenvalue weighted by molar-refractivity contribution is -0.112. The number of anilines is 2. The monoisotopic (exact) mass is 502 g/mol. The van der Waals surface area contributed by atoms with Crippen molar-refractivity contribution in [3.8, 4) is 23.1 Å². The number of nitrogens with one attached hydrogen (secondary N) is 1. The van der Waals surface area contributed by atoms with E-state index in [1.165, 1.54) is 0 Å². The van der Waals surface area contributed by atoms with Gasteiger partial charge in [0, 0.05) is 42.8 Å². The van der Waals surface area contributed by atoms with Crippen LogP contribution < -0.4 is 15.0 Å². The Kier molecular flexibility index (Phi) is 9.15. The fraction of sp³-hybridized carbons (Fsp3) is 0.393. The maximum absolute atomic E-state index is 13.0. The molecule has 1 fully saturated rings. The van der Waals surface area contributed by atoms with Crippen LogP contribution in [-0.2, 0) is 9.53 Å². The molecule has 0 spiro atoms. The second-order valence-electron chi connectivity index (χ2n) is 9.26. The fourth-order valence-corrected chi connectivity index (χ4v) is 3.85. The van der Waals surface area contributed by atoms with E-state index >= 15 is 0 Å². The third-order valence-electron chi connectivity index (χ3n) is 6.08. The first-order valence-electron chi connectivity index (χ1n) is 12.2. The minimum Gasteiger partial charge on any atom is -0.476 e. The molecule has 0 saturated carbocycles. The van der Waals surface area contributed by atoms with Crippen molar-refractivity contribution in [3.05, 3.63) is 47.7 Å². The molecule has 0 radical (unpaired) electrons. The number of aryl methyl sites for hydroxylation is 1. The third kappa shape index (κ3) is 6.80. The van der Waals surface area contributed by atoms with Gasteiger partial charge in [-0.3, -0.25) is 4.79 Å². The smallest absolute Gasteiger partial charge is 0.251 e. The lowest BCUT2D eigenvalue weighted by atomic mass is 9.88. The molecular formula is C28H34N6O3. The van der Waals surface area contributed by atoms with Gasteiger partial charge < -0.3 is 19.7 Å². The van der Waals surface area contributed by atoms with E-state index in [1.807, 2.05) is 32.0 Å². The van der Waals surface area contributed by atoms with Crippen molar-refractivity contribution in [2.24, 2.45) is 15.6 Å². The molecule has 1 aromatic heterocycles. The Hall–Kier alpha value is -4.03. The Bertz CT molecular complexity index is 1250. The molecule has 0 unspecified atom stereocenters. The maximum atomic E-state index is 13.0. The van der Waals surface area contributed by atoms with Gasteiger partial charge in [-0.05, 0) is 70.0 Å². The highest BCUT2D eigenvalue weighted by atomic mass is 16.5. The summed E-state index contributed by atoms with van der Waals surface area (Å²) in [7, 11) is 0. The molecule has 9 heteroatoms. The van der Waals surface area contributed by atoms with Gasteiger partial charge in [-0.2, -0.15) is 15.5 Å². The van der Waals surface area contributed by atoms with E-state index in [0.717, 1.165) is 35.5 Å². The summed E-state index contributed by atoms with van der Waals surface area (Å²) >= 11 is 0. The van der Waals surface area contributed by atoms with Gasteiger partial charge in [0.25, 0.3) is 5.91 Å². The number of hydrogen-bond acceptors (Lipinski definition) is 8. The first kappa shape index (κ1) is 27.6. The molecule has 0 atom stereocenters. The van der Waals surface area contributed by atoms with E-state index in [4.69, 9.17) is 9.47 Å². The van der Waals surface area contributed by atoms with Crippen LogP contribution in [-0.4, -0.2) is 56.2 Å². The topological polar surface area (TPSA) is 112 Å². The number of amides is 1. The molecule has 1 saturated heterocycles. The number of carbonyl (C=O) groups excluding carboxylic acids is 1. The minimum atomic E-state index is -0.918. The van der Waals surface area contributed by atoms with E-state index in [2.05, 4.69) is 44.3 Å². The molecule has 3 rings (SSSR count). The van der Waals surface area contributed by atoms with Crippen molar-refractivity contribution >= 4 is 29.7 Å². The number of allylic oxidation sites excluding steroid dienone is 1. The summed E-state index contributed by atoms with van der Waals surface area (Å²) < 4.78 is 11.3. The van der Waals surface area contributed by atoms with Crippen molar-refractivity contribution in [1.29, 1.82) is 5.26 Å². The zero-order chi connectivity index (χ0) is 27.0. The van der Waals surface area contributed by atoms with Crippen LogP contribution in [0, 0.1) is 23.7 Å². The van der Waals surface area contributed by atoms with Gasteiger partial charge in [-0.1, -0.05) is 6.07 Å². The number of pyridine rings is 1. The van der Waals surface area contributed by atoms with Crippen molar-refractivity contribution in [2.45, 2.75) is 34.6 Å². The van der Waals surface area contributed by atoms with Crippen LogP contribution in [0.1, 0.15) is 33.3 Å². The molecule has 2 heterocycles. The summed E-state index contributed by atoms with van der Waals surface area (Å²) in [6.45, 7) is 15.8. The van der Waals surface area contributed by atoms with Crippen LogP contribution in [0.5, 0.6) is 5.88 Å². The number of nitriles is 1. The molecule has 1 aromatic carbocycles. The van der Waals surface area contributed by atoms with Gasteiger partial charge in [-0.15, -0.1) is 0 Å². The molecule has 1 N–H and O–H groups in total. The Morgan fingerprint density at radius 2 is 2.08 bits per heavy atom. The van der Waals surface area contributed by atoms with Gasteiger partial charge in [0.15, 0.2) is 0 Å². The Morgan fingerprint density at radius 1 is 1.35 bits per heavy atom. The Morgan fingerprint density at radius 3 is 2.73 bits per heavy atom. The van der Waals surface area contributed by atoms with Crippen LogP contribution >= 0.6 is 0 Å². The van der Waals surface area contributed by atoms with Gasteiger partial charge in [0.1, 0.15) is 5.69 Å². The summed E-state index contributed by atoms with van der Waals surface area (Å²) in [5, 5.41) is 19.9. The predicted molar refractivity (Wildman–Crippen MR) is 147 cm³/mol. The molecule has 1 aliphatic heterocycles. The zero-order valence-electron chi connectivity index (χ0n) is 22.2. The number of hydrogen-bond donors (Lipinski definition) is 1. The van der Waals surface area contributed by atoms with Crippen LogP contribution in [0.4, 0.5) is 11.4 Å². The Labute approximate surface area is 218 Å². The lowest BCUT2D eigenvalue weighted by Crippen LogP contribution is -2.36. The van der Waals surface area contributed by atoms with Crippen molar-refractivity contribution in [3.63, 3.8) is 0 Å². The predicted octanol–water partition coefficient (Wildman–Crippen LogP) is 4.78. The van der Waals surface area contributed by atoms with Crippen molar-refractivity contribution < 1.29 is 14.3 Å². The molecule has 194 valence electrons. The first-order chi connectivity index (χ1) is 17.7. The summed E-state index contributed by atoms with van der Waals surface area (Å²) in [5.41, 5.74) is 4.33. The zero-order valence-corrected chi connectivity index (χ0v) is 22.2. The number of carbonyl (C=O) groups is 1.